The van der Waals surface area contributed by atoms with Crippen molar-refractivity contribution < 1.29 is 9.18 Å². The van der Waals surface area contributed by atoms with E-state index in [4.69, 9.17) is 0 Å². The molecule has 1 aromatic carbocycles. The summed E-state index contributed by atoms with van der Waals surface area (Å²) in [5.74, 6) is 0.0857. The lowest BCUT2D eigenvalue weighted by molar-refractivity contribution is -0.232. The normalized spacial score (nSPS) is 38.9. The van der Waals surface area contributed by atoms with Gasteiger partial charge in [-0.2, -0.15) is 0 Å². The molecule has 106 valence electrons. The molecule has 1 saturated heterocycles. The highest BCUT2D eigenvalue weighted by Crippen LogP contribution is 2.75. The molecule has 1 aromatic rings. The lowest BCUT2D eigenvalue weighted by Crippen LogP contribution is -2.79. The van der Waals surface area contributed by atoms with Crippen molar-refractivity contribution >= 4 is 5.91 Å². The van der Waals surface area contributed by atoms with E-state index in [1.54, 1.807) is 0 Å². The summed E-state index contributed by atoms with van der Waals surface area (Å²) in [5, 5.41) is 0. The second-order valence-corrected chi connectivity index (χ2v) is 6.75. The van der Waals surface area contributed by atoms with E-state index >= 15 is 0 Å². The Labute approximate surface area is 119 Å². The van der Waals surface area contributed by atoms with E-state index in [-0.39, 0.29) is 11.3 Å². The molecule has 3 aliphatic carbocycles. The Morgan fingerprint density at radius 2 is 1.75 bits per heavy atom. The Hall–Kier alpha value is -1.38. The third-order valence-corrected chi connectivity index (χ3v) is 5.65. The third-order valence-electron chi connectivity index (χ3n) is 5.65. The van der Waals surface area contributed by atoms with Crippen LogP contribution in [0, 0.1) is 5.41 Å². The largest absolute Gasteiger partial charge is 0.342 e. The fourth-order valence-electron chi connectivity index (χ4n) is 4.49. The molecule has 0 radical (unpaired) electrons. The second-order valence-electron chi connectivity index (χ2n) is 6.75. The molecule has 1 atom stereocenters. The predicted molar refractivity (Wildman–Crippen MR) is 75.1 cm³/mol. The summed E-state index contributed by atoms with van der Waals surface area (Å²) < 4.78 is 14.7. The summed E-state index contributed by atoms with van der Waals surface area (Å²) >= 11 is 0. The predicted octanol–water partition coefficient (Wildman–Crippen LogP) is 3.07. The monoisotopic (exact) mass is 273 g/mol. The summed E-state index contributed by atoms with van der Waals surface area (Å²) in [4.78, 5) is 14.5. The standard InChI is InChI=1S/C17H20FNO/c18-14-16(13-7-3-1-4-8-13)11-17(14,12-16)15(20)19-9-5-2-6-10-19/h1,3-4,7-8,14H,2,5-6,9-12H2. The SMILES string of the molecule is O=C(N1CCCCC1)C12CC(c3ccccc3)(C1)C2F. The van der Waals surface area contributed by atoms with Crippen molar-refractivity contribution in [3.63, 3.8) is 0 Å². The fraction of sp³-hybridized carbons (Fsp3) is 0.588. The van der Waals surface area contributed by atoms with Crippen molar-refractivity contribution in [2.75, 3.05) is 13.1 Å². The summed E-state index contributed by atoms with van der Waals surface area (Å²) in [7, 11) is 0. The maximum atomic E-state index is 14.7. The van der Waals surface area contributed by atoms with Crippen molar-refractivity contribution in [2.24, 2.45) is 5.41 Å². The topological polar surface area (TPSA) is 20.3 Å². The zero-order valence-electron chi connectivity index (χ0n) is 11.6. The van der Waals surface area contributed by atoms with Gasteiger partial charge in [-0.3, -0.25) is 4.79 Å². The van der Waals surface area contributed by atoms with E-state index in [0.717, 1.165) is 31.5 Å². The van der Waals surface area contributed by atoms with Crippen molar-refractivity contribution in [3.05, 3.63) is 35.9 Å². The summed E-state index contributed by atoms with van der Waals surface area (Å²) in [6.07, 6.45) is 3.78. The third kappa shape index (κ3) is 1.36. The molecule has 2 nitrogen and oxygen atoms in total. The van der Waals surface area contributed by atoms with Crippen LogP contribution in [0.25, 0.3) is 0 Å². The molecule has 0 spiro atoms. The number of amides is 1. The van der Waals surface area contributed by atoms with E-state index < -0.39 is 11.6 Å². The van der Waals surface area contributed by atoms with Crippen LogP contribution < -0.4 is 0 Å². The van der Waals surface area contributed by atoms with Crippen LogP contribution in [-0.2, 0) is 10.2 Å². The van der Waals surface area contributed by atoms with E-state index in [1.165, 1.54) is 6.42 Å². The lowest BCUT2D eigenvalue weighted by Gasteiger charge is -2.72. The molecule has 0 N–H and O–H groups in total. The van der Waals surface area contributed by atoms with Gasteiger partial charge in [0.15, 0.2) is 0 Å². The molecular formula is C17H20FNO. The molecule has 4 fully saturated rings. The van der Waals surface area contributed by atoms with E-state index in [0.29, 0.717) is 12.8 Å². The minimum atomic E-state index is -0.980. The average Bonchev–Trinajstić information content (AvgIpc) is 2.48. The minimum Gasteiger partial charge on any atom is -0.342 e. The van der Waals surface area contributed by atoms with Gasteiger partial charge in [-0.15, -0.1) is 0 Å². The van der Waals surface area contributed by atoms with Gasteiger partial charge in [-0.1, -0.05) is 30.3 Å². The highest BCUT2D eigenvalue weighted by atomic mass is 19.1. The van der Waals surface area contributed by atoms with Crippen molar-refractivity contribution in [1.82, 2.24) is 4.90 Å². The Bertz CT molecular complexity index is 529. The van der Waals surface area contributed by atoms with Crippen molar-refractivity contribution in [2.45, 2.75) is 43.7 Å². The number of piperidine rings is 1. The first kappa shape index (κ1) is 12.4. The number of benzene rings is 1. The maximum absolute atomic E-state index is 14.7. The van der Waals surface area contributed by atoms with Crippen LogP contribution in [-0.4, -0.2) is 30.1 Å². The van der Waals surface area contributed by atoms with Gasteiger partial charge >= 0.3 is 0 Å². The van der Waals surface area contributed by atoms with Crippen LogP contribution in [0.1, 0.15) is 37.7 Å². The number of nitrogens with zero attached hydrogens (tertiary/aromatic N) is 1. The molecule has 0 aromatic heterocycles. The number of hydrogen-bond donors (Lipinski definition) is 0. The number of halogens is 1. The van der Waals surface area contributed by atoms with Crippen LogP contribution >= 0.6 is 0 Å². The number of carbonyl (C=O) groups is 1. The molecule has 4 aliphatic rings. The number of carbonyl (C=O) groups excluding carboxylic acids is 1. The van der Waals surface area contributed by atoms with Gasteiger partial charge in [0.25, 0.3) is 0 Å². The summed E-state index contributed by atoms with van der Waals surface area (Å²) in [6.45, 7) is 1.65. The second kappa shape index (κ2) is 4.06. The minimum absolute atomic E-state index is 0.0857. The van der Waals surface area contributed by atoms with Crippen LogP contribution in [0.4, 0.5) is 4.39 Å². The maximum Gasteiger partial charge on any atom is 0.231 e. The van der Waals surface area contributed by atoms with E-state index in [1.807, 2.05) is 35.2 Å². The first-order valence-corrected chi connectivity index (χ1v) is 7.68. The molecule has 1 aliphatic heterocycles. The number of alkyl halides is 1. The van der Waals surface area contributed by atoms with Crippen molar-refractivity contribution in [1.29, 1.82) is 0 Å². The van der Waals surface area contributed by atoms with E-state index in [2.05, 4.69) is 0 Å². The number of likely N-dealkylation sites (tertiary alicyclic amines) is 1. The molecular weight excluding hydrogens is 253 g/mol. The highest BCUT2D eigenvalue weighted by Gasteiger charge is 2.80. The van der Waals surface area contributed by atoms with Gasteiger partial charge in [-0.05, 0) is 37.7 Å². The van der Waals surface area contributed by atoms with Gasteiger partial charge in [0.05, 0.1) is 5.41 Å². The summed E-state index contributed by atoms with van der Waals surface area (Å²) in [5.41, 5.74) is 0.0423. The Balaban J connectivity index is 1.52. The number of rotatable bonds is 2. The van der Waals surface area contributed by atoms with Crippen LogP contribution in [0.5, 0.6) is 0 Å². The smallest absolute Gasteiger partial charge is 0.231 e. The van der Waals surface area contributed by atoms with Gasteiger partial charge in [-0.25, -0.2) is 4.39 Å². The quantitative estimate of drug-likeness (QED) is 0.811. The zero-order valence-corrected chi connectivity index (χ0v) is 11.6. The molecule has 3 saturated carbocycles. The first-order chi connectivity index (χ1) is 9.69. The van der Waals surface area contributed by atoms with E-state index in [9.17, 15) is 9.18 Å². The average molecular weight is 273 g/mol. The Kier molecular flexibility index (Phi) is 2.51. The van der Waals surface area contributed by atoms with Crippen LogP contribution in [0.2, 0.25) is 0 Å². The van der Waals surface area contributed by atoms with Crippen LogP contribution in [0.15, 0.2) is 30.3 Å². The highest BCUT2D eigenvalue weighted by molar-refractivity contribution is 5.89. The molecule has 2 bridgehead atoms. The molecule has 1 amide bonds. The lowest BCUT2D eigenvalue weighted by atomic mass is 9.31. The fourth-order valence-corrected chi connectivity index (χ4v) is 4.49. The zero-order chi connectivity index (χ0) is 13.8. The van der Waals surface area contributed by atoms with Gasteiger partial charge < -0.3 is 4.90 Å². The van der Waals surface area contributed by atoms with Crippen LogP contribution in [0.3, 0.4) is 0 Å². The Morgan fingerprint density at radius 1 is 1.10 bits per heavy atom. The van der Waals surface area contributed by atoms with Gasteiger partial charge in [0.2, 0.25) is 5.91 Å². The first-order valence-electron chi connectivity index (χ1n) is 7.68. The molecule has 3 heteroatoms. The van der Waals surface area contributed by atoms with Gasteiger partial charge in [0, 0.05) is 18.5 Å². The molecule has 1 heterocycles. The molecule has 1 unspecified atom stereocenters. The Morgan fingerprint density at radius 3 is 2.35 bits per heavy atom. The molecule has 20 heavy (non-hydrogen) atoms. The van der Waals surface area contributed by atoms with Gasteiger partial charge in [0.1, 0.15) is 6.17 Å². The summed E-state index contributed by atoms with van der Waals surface area (Å²) in [6, 6.07) is 9.88. The molecule has 5 rings (SSSR count). The van der Waals surface area contributed by atoms with Crippen molar-refractivity contribution in [3.8, 4) is 0 Å². The number of hydrogen-bond acceptors (Lipinski definition) is 1.